The van der Waals surface area contributed by atoms with E-state index in [0.29, 0.717) is 5.56 Å². The molecule has 1 aliphatic heterocycles. The summed E-state index contributed by atoms with van der Waals surface area (Å²) in [7, 11) is 0. The molecule has 8 nitrogen and oxygen atoms in total. The second kappa shape index (κ2) is 8.29. The Bertz CT molecular complexity index is 641. The van der Waals surface area contributed by atoms with Crippen LogP contribution in [0, 0.1) is 0 Å². The van der Waals surface area contributed by atoms with Crippen LogP contribution >= 0.6 is 24.8 Å². The summed E-state index contributed by atoms with van der Waals surface area (Å²) in [5.74, 6) is -3.49. The maximum atomic E-state index is 11.3. The van der Waals surface area contributed by atoms with Gasteiger partial charge >= 0.3 is 17.9 Å². The third-order valence-corrected chi connectivity index (χ3v) is 3.75. The molecule has 134 valence electrons. The lowest BCUT2D eigenvalue weighted by molar-refractivity contribution is -0.142. The minimum absolute atomic E-state index is 0. The zero-order chi connectivity index (χ0) is 16.5. The topological polar surface area (TPSA) is 141 Å². The van der Waals surface area contributed by atoms with Crippen LogP contribution in [0.15, 0.2) is 24.3 Å². The van der Waals surface area contributed by atoms with Crippen molar-refractivity contribution in [3.8, 4) is 0 Å². The van der Waals surface area contributed by atoms with E-state index in [4.69, 9.17) is 15.9 Å². The maximum Gasteiger partial charge on any atom is 0.335 e. The van der Waals surface area contributed by atoms with Gasteiger partial charge in [0.15, 0.2) is 0 Å². The van der Waals surface area contributed by atoms with E-state index in [1.165, 1.54) is 17.0 Å². The molecule has 1 saturated heterocycles. The SMILES string of the molecule is Cl.Cl.N[C@]1(C(=O)O)C[C@H](C(=O)O)N(Cc2cccc(C(=O)O)c2)C1. The number of nitrogens with zero attached hydrogens (tertiary/aromatic N) is 1. The molecule has 0 amide bonds. The summed E-state index contributed by atoms with van der Waals surface area (Å²) in [5.41, 5.74) is 4.80. The number of carboxylic acids is 3. The summed E-state index contributed by atoms with van der Waals surface area (Å²) in [5, 5.41) is 27.3. The molecule has 24 heavy (non-hydrogen) atoms. The van der Waals surface area contributed by atoms with Crippen LogP contribution in [0.4, 0.5) is 0 Å². The minimum atomic E-state index is -1.62. The predicted molar refractivity (Wildman–Crippen MR) is 88.9 cm³/mol. The third-order valence-electron chi connectivity index (χ3n) is 3.75. The highest BCUT2D eigenvalue weighted by atomic mass is 35.5. The minimum Gasteiger partial charge on any atom is -0.480 e. The highest BCUT2D eigenvalue weighted by Gasteiger charge is 2.49. The van der Waals surface area contributed by atoms with Crippen molar-refractivity contribution in [2.24, 2.45) is 5.73 Å². The van der Waals surface area contributed by atoms with Crippen LogP contribution in [-0.4, -0.2) is 56.3 Å². The summed E-state index contributed by atoms with van der Waals surface area (Å²) in [6.07, 6.45) is -0.198. The zero-order valence-electron chi connectivity index (χ0n) is 12.4. The van der Waals surface area contributed by atoms with E-state index >= 15 is 0 Å². The van der Waals surface area contributed by atoms with Crippen molar-refractivity contribution in [1.29, 1.82) is 0 Å². The van der Waals surface area contributed by atoms with Gasteiger partial charge in [0.05, 0.1) is 5.56 Å². The Balaban J connectivity index is 0.00000264. The highest BCUT2D eigenvalue weighted by molar-refractivity contribution is 5.87. The van der Waals surface area contributed by atoms with Crippen molar-refractivity contribution in [1.82, 2.24) is 4.90 Å². The number of aromatic carboxylic acids is 1. The molecule has 0 aliphatic carbocycles. The second-order valence-corrected chi connectivity index (χ2v) is 5.43. The van der Waals surface area contributed by atoms with E-state index in [0.717, 1.165) is 0 Å². The fourth-order valence-corrected chi connectivity index (χ4v) is 2.61. The second-order valence-electron chi connectivity index (χ2n) is 5.43. The van der Waals surface area contributed by atoms with Crippen molar-refractivity contribution in [2.75, 3.05) is 6.54 Å². The van der Waals surface area contributed by atoms with Gasteiger partial charge in [0, 0.05) is 19.5 Å². The molecule has 0 aromatic heterocycles. The molecule has 1 aliphatic rings. The van der Waals surface area contributed by atoms with Crippen LogP contribution in [0.5, 0.6) is 0 Å². The summed E-state index contributed by atoms with van der Waals surface area (Å²) in [4.78, 5) is 34.9. The van der Waals surface area contributed by atoms with Crippen molar-refractivity contribution >= 4 is 42.7 Å². The smallest absolute Gasteiger partial charge is 0.335 e. The van der Waals surface area contributed by atoms with E-state index in [9.17, 15) is 19.5 Å². The molecule has 10 heteroatoms. The number of carboxylic acid groups (broad SMARTS) is 3. The lowest BCUT2D eigenvalue weighted by Crippen LogP contribution is -2.50. The van der Waals surface area contributed by atoms with Gasteiger partial charge in [0.25, 0.3) is 0 Å². The van der Waals surface area contributed by atoms with Gasteiger partial charge < -0.3 is 21.1 Å². The number of hydrogen-bond acceptors (Lipinski definition) is 5. The van der Waals surface area contributed by atoms with Gasteiger partial charge in [-0.15, -0.1) is 24.8 Å². The lowest BCUT2D eigenvalue weighted by Gasteiger charge is -2.22. The van der Waals surface area contributed by atoms with Gasteiger partial charge in [-0.3, -0.25) is 14.5 Å². The average molecular weight is 381 g/mol. The molecule has 0 saturated carbocycles. The molecule has 1 aromatic carbocycles. The number of likely N-dealkylation sites (tertiary alicyclic amines) is 1. The van der Waals surface area contributed by atoms with E-state index < -0.39 is 29.5 Å². The number of nitrogens with two attached hydrogens (primary N) is 1. The van der Waals surface area contributed by atoms with Crippen LogP contribution < -0.4 is 5.73 Å². The van der Waals surface area contributed by atoms with Crippen LogP contribution in [0.1, 0.15) is 22.3 Å². The lowest BCUT2D eigenvalue weighted by atomic mass is 9.98. The fourth-order valence-electron chi connectivity index (χ4n) is 2.61. The van der Waals surface area contributed by atoms with Crippen molar-refractivity contribution in [3.05, 3.63) is 35.4 Å². The summed E-state index contributed by atoms with van der Waals surface area (Å²) < 4.78 is 0. The molecular formula is C14H18Cl2N2O6. The first-order valence-corrected chi connectivity index (χ1v) is 6.54. The van der Waals surface area contributed by atoms with E-state index in [2.05, 4.69) is 0 Å². The number of halogens is 2. The summed E-state index contributed by atoms with van der Waals surface area (Å²) >= 11 is 0. The van der Waals surface area contributed by atoms with Gasteiger partial charge in [-0.25, -0.2) is 4.79 Å². The molecule has 2 atom stereocenters. The van der Waals surface area contributed by atoms with Crippen LogP contribution in [0.2, 0.25) is 0 Å². The number of carbonyl (C=O) groups is 3. The molecule has 0 radical (unpaired) electrons. The van der Waals surface area contributed by atoms with Crippen LogP contribution in [0.3, 0.4) is 0 Å². The first-order chi connectivity index (χ1) is 10.2. The number of hydrogen-bond donors (Lipinski definition) is 4. The molecule has 0 spiro atoms. The first-order valence-electron chi connectivity index (χ1n) is 6.54. The number of benzene rings is 1. The predicted octanol–water partition coefficient (Wildman–Crippen LogP) is 0.669. The van der Waals surface area contributed by atoms with Gasteiger partial charge in [-0.2, -0.15) is 0 Å². The Kier molecular flexibility index (Phi) is 7.65. The molecule has 1 fully saturated rings. The third kappa shape index (κ3) is 4.57. The van der Waals surface area contributed by atoms with Crippen molar-refractivity contribution in [2.45, 2.75) is 24.5 Å². The summed E-state index contributed by atoms with van der Waals surface area (Å²) in [6.45, 7) is 0.000908. The molecular weight excluding hydrogens is 363 g/mol. The molecule has 5 N–H and O–H groups in total. The van der Waals surface area contributed by atoms with Crippen molar-refractivity contribution < 1.29 is 29.7 Å². The Hall–Kier alpha value is -1.87. The van der Waals surface area contributed by atoms with Crippen LogP contribution in [-0.2, 0) is 16.1 Å². The summed E-state index contributed by atoms with van der Waals surface area (Å²) in [6, 6.07) is 5.04. The molecule has 0 unspecified atom stereocenters. The van der Waals surface area contributed by atoms with Gasteiger partial charge in [0.1, 0.15) is 11.6 Å². The van der Waals surface area contributed by atoms with Gasteiger partial charge in [0.2, 0.25) is 0 Å². The van der Waals surface area contributed by atoms with Crippen molar-refractivity contribution in [3.63, 3.8) is 0 Å². The molecule has 0 bridgehead atoms. The Morgan fingerprint density at radius 2 is 1.83 bits per heavy atom. The van der Waals surface area contributed by atoms with E-state index in [-0.39, 0.29) is 49.9 Å². The quantitative estimate of drug-likeness (QED) is 0.583. The highest BCUT2D eigenvalue weighted by Crippen LogP contribution is 2.27. The van der Waals surface area contributed by atoms with E-state index in [1.54, 1.807) is 12.1 Å². The fraction of sp³-hybridized carbons (Fsp3) is 0.357. The van der Waals surface area contributed by atoms with E-state index in [1.807, 2.05) is 0 Å². The average Bonchev–Trinajstić information content (AvgIpc) is 2.78. The largest absolute Gasteiger partial charge is 0.480 e. The van der Waals surface area contributed by atoms with Gasteiger partial charge in [-0.05, 0) is 17.7 Å². The number of aliphatic carboxylic acids is 2. The standard InChI is InChI=1S/C14H16N2O6.2ClH/c15-14(13(21)22)5-10(12(19)20)16(7-14)6-8-2-1-3-9(4-8)11(17)18;;/h1-4,10H,5-7,15H2,(H,17,18)(H,19,20)(H,21,22);2*1H/t10-,14-;;/m1../s1. The Morgan fingerprint density at radius 3 is 2.33 bits per heavy atom. The zero-order valence-corrected chi connectivity index (χ0v) is 14.0. The number of rotatable bonds is 5. The molecule has 1 aromatic rings. The van der Waals surface area contributed by atoms with Crippen LogP contribution in [0.25, 0.3) is 0 Å². The Morgan fingerprint density at radius 1 is 1.21 bits per heavy atom. The van der Waals surface area contributed by atoms with Gasteiger partial charge in [-0.1, -0.05) is 12.1 Å². The maximum absolute atomic E-state index is 11.3. The monoisotopic (exact) mass is 380 g/mol. The molecule has 1 heterocycles. The normalized spacial score (nSPS) is 23.0. The first kappa shape index (κ1) is 22.1. The molecule has 2 rings (SSSR count). The Labute approximate surface area is 150 Å².